The van der Waals surface area contributed by atoms with Gasteiger partial charge >= 0.3 is 0 Å². The summed E-state index contributed by atoms with van der Waals surface area (Å²) >= 11 is 0. The third-order valence-corrected chi connectivity index (χ3v) is 5.73. The van der Waals surface area contributed by atoms with Gasteiger partial charge in [0.2, 0.25) is 0 Å². The van der Waals surface area contributed by atoms with E-state index in [0.717, 1.165) is 37.2 Å². The van der Waals surface area contributed by atoms with Gasteiger partial charge in [0.25, 0.3) is 0 Å². The van der Waals surface area contributed by atoms with Crippen LogP contribution >= 0.6 is 0 Å². The minimum atomic E-state index is -0.00239. The highest BCUT2D eigenvalue weighted by atomic mass is 16.1. The highest BCUT2D eigenvalue weighted by Gasteiger charge is 2.16. The molecule has 5 nitrogen and oxygen atoms in total. The van der Waals surface area contributed by atoms with Crippen molar-refractivity contribution in [3.8, 4) is 0 Å². The molecule has 0 amide bonds. The number of carbonyl (C=O) groups excluding carboxylic acids is 1. The Labute approximate surface area is 175 Å². The predicted molar refractivity (Wildman–Crippen MR) is 122 cm³/mol. The number of allylic oxidation sites excluding steroid dienone is 4. The highest BCUT2D eigenvalue weighted by Crippen LogP contribution is 2.25. The van der Waals surface area contributed by atoms with E-state index in [1.807, 2.05) is 17.8 Å². The summed E-state index contributed by atoms with van der Waals surface area (Å²) in [5, 5.41) is 4.58. The van der Waals surface area contributed by atoms with Crippen molar-refractivity contribution >= 4 is 18.2 Å². The molecule has 1 atom stereocenters. The molecule has 0 saturated carbocycles. The van der Waals surface area contributed by atoms with Crippen LogP contribution in [0.2, 0.25) is 0 Å². The highest BCUT2D eigenvalue weighted by molar-refractivity contribution is 6.12. The van der Waals surface area contributed by atoms with Crippen LogP contribution in [0.3, 0.4) is 0 Å². The Morgan fingerprint density at radius 3 is 2.52 bits per heavy atom. The van der Waals surface area contributed by atoms with E-state index in [2.05, 4.69) is 55.0 Å². The second-order valence-corrected chi connectivity index (χ2v) is 7.66. The van der Waals surface area contributed by atoms with Crippen molar-refractivity contribution in [3.05, 3.63) is 46.4 Å². The van der Waals surface area contributed by atoms with Crippen molar-refractivity contribution in [2.24, 2.45) is 4.99 Å². The van der Waals surface area contributed by atoms with Crippen molar-refractivity contribution in [2.45, 2.75) is 73.3 Å². The Kier molecular flexibility index (Phi) is 8.62. The van der Waals surface area contributed by atoms with Crippen LogP contribution in [-0.2, 0) is 4.79 Å². The topological polar surface area (TPSA) is 50.5 Å². The number of carbonyl (C=O) groups is 1. The van der Waals surface area contributed by atoms with Crippen molar-refractivity contribution < 1.29 is 4.79 Å². The van der Waals surface area contributed by atoms with Crippen LogP contribution in [0.4, 0.5) is 0 Å². The lowest BCUT2D eigenvalue weighted by atomic mass is 10.1. The molecule has 2 rings (SSSR count). The molecule has 1 aliphatic rings. The third kappa shape index (κ3) is 5.78. The summed E-state index contributed by atoms with van der Waals surface area (Å²) in [6, 6.07) is -0.00239. The van der Waals surface area contributed by atoms with Crippen molar-refractivity contribution in [3.63, 3.8) is 0 Å². The summed E-state index contributed by atoms with van der Waals surface area (Å²) in [6.45, 7) is 14.3. The van der Waals surface area contributed by atoms with Crippen LogP contribution in [-0.4, -0.2) is 39.8 Å². The summed E-state index contributed by atoms with van der Waals surface area (Å²) in [6.07, 6.45) is 14.1. The molecule has 1 fully saturated rings. The molecule has 1 unspecified atom stereocenters. The molecule has 1 saturated heterocycles. The smallest absolute Gasteiger partial charge is 0.160 e. The summed E-state index contributed by atoms with van der Waals surface area (Å²) in [5.41, 5.74) is 5.57. The zero-order valence-electron chi connectivity index (χ0n) is 18.9. The zero-order chi connectivity index (χ0) is 21.4. The average Bonchev–Trinajstić information content (AvgIpc) is 3.36. The SMILES string of the molecule is C/C=C(\C=NC(CC)c1cnn(/C=C\C(=C(\C)CC)N2CCCC2)c1C)C(C)=O. The first-order valence-electron chi connectivity index (χ1n) is 10.8. The van der Waals surface area contributed by atoms with E-state index < -0.39 is 0 Å². The fraction of sp³-hybridized carbons (Fsp3) is 0.542. The van der Waals surface area contributed by atoms with Crippen molar-refractivity contribution in [1.82, 2.24) is 14.7 Å². The van der Waals surface area contributed by atoms with Crippen molar-refractivity contribution in [1.29, 1.82) is 0 Å². The van der Waals surface area contributed by atoms with Crippen LogP contribution in [0.25, 0.3) is 6.20 Å². The standard InChI is InChI=1S/C24H36N4O/c1-7-18(4)24(27-13-10-11-14-27)12-15-28-19(5)22(17-26-28)23(9-3)25-16-21(8-2)20(6)29/h8,12,15-17,23H,7,9-11,13-14H2,1-6H3/b15-12-,21-8+,24-18+,25-16?. The molecule has 1 aromatic heterocycles. The summed E-state index contributed by atoms with van der Waals surface area (Å²) in [5.74, 6) is 0.0361. The fourth-order valence-corrected chi connectivity index (χ4v) is 3.66. The molecule has 29 heavy (non-hydrogen) atoms. The summed E-state index contributed by atoms with van der Waals surface area (Å²) in [4.78, 5) is 18.8. The molecular formula is C24H36N4O. The van der Waals surface area contributed by atoms with Gasteiger partial charge in [-0.1, -0.05) is 25.5 Å². The first kappa shape index (κ1) is 22.9. The maximum Gasteiger partial charge on any atom is 0.160 e. The largest absolute Gasteiger partial charge is 0.372 e. The Morgan fingerprint density at radius 2 is 1.97 bits per heavy atom. The molecule has 5 heteroatoms. The Morgan fingerprint density at radius 1 is 1.28 bits per heavy atom. The molecule has 158 valence electrons. The van der Waals surface area contributed by atoms with E-state index in [9.17, 15) is 4.79 Å². The van der Waals surface area contributed by atoms with Crippen LogP contribution in [0.5, 0.6) is 0 Å². The predicted octanol–water partition coefficient (Wildman–Crippen LogP) is 5.50. The van der Waals surface area contributed by atoms with E-state index >= 15 is 0 Å². The first-order valence-corrected chi connectivity index (χ1v) is 10.8. The van der Waals surface area contributed by atoms with Gasteiger partial charge in [0.15, 0.2) is 5.78 Å². The number of aliphatic imine (C=N–C) groups is 1. The van der Waals surface area contributed by atoms with Gasteiger partial charge in [-0.2, -0.15) is 5.10 Å². The average molecular weight is 397 g/mol. The maximum atomic E-state index is 11.6. The molecule has 0 N–H and O–H groups in total. The maximum absolute atomic E-state index is 11.6. The lowest BCUT2D eigenvalue weighted by Gasteiger charge is -2.21. The third-order valence-electron chi connectivity index (χ3n) is 5.73. The lowest BCUT2D eigenvalue weighted by molar-refractivity contribution is -0.113. The number of aromatic nitrogens is 2. The number of ketones is 1. The number of Topliss-reactive ketones (excluding diaryl/α,β-unsaturated/α-hetero) is 1. The molecule has 0 aromatic carbocycles. The van der Waals surface area contributed by atoms with E-state index in [1.54, 1.807) is 19.2 Å². The molecular weight excluding hydrogens is 360 g/mol. The fourth-order valence-electron chi connectivity index (χ4n) is 3.66. The van der Waals surface area contributed by atoms with Gasteiger partial charge in [0.1, 0.15) is 0 Å². The molecule has 1 aliphatic heterocycles. The van der Waals surface area contributed by atoms with E-state index in [4.69, 9.17) is 0 Å². The Bertz CT molecular complexity index is 820. The Hall–Kier alpha value is -2.43. The Balaban J connectivity index is 2.26. The minimum Gasteiger partial charge on any atom is -0.372 e. The molecule has 1 aromatic rings. The normalized spacial score (nSPS) is 17.4. The van der Waals surface area contributed by atoms with Gasteiger partial charge in [0, 0.05) is 48.0 Å². The van der Waals surface area contributed by atoms with Gasteiger partial charge in [-0.3, -0.25) is 9.79 Å². The molecule has 0 aliphatic carbocycles. The second kappa shape index (κ2) is 10.9. The van der Waals surface area contributed by atoms with Crippen LogP contribution < -0.4 is 0 Å². The molecule has 2 heterocycles. The van der Waals surface area contributed by atoms with E-state index in [0.29, 0.717) is 5.57 Å². The van der Waals surface area contributed by atoms with Crippen molar-refractivity contribution in [2.75, 3.05) is 13.1 Å². The van der Waals surface area contributed by atoms with Crippen LogP contribution in [0, 0.1) is 6.92 Å². The lowest BCUT2D eigenvalue weighted by Crippen LogP contribution is -2.18. The quantitative estimate of drug-likeness (QED) is 0.315. The number of likely N-dealkylation sites (tertiary alicyclic amines) is 1. The van der Waals surface area contributed by atoms with Gasteiger partial charge < -0.3 is 4.90 Å². The number of nitrogens with zero attached hydrogens (tertiary/aromatic N) is 4. The van der Waals surface area contributed by atoms with E-state index in [1.165, 1.54) is 24.1 Å². The van der Waals surface area contributed by atoms with E-state index in [-0.39, 0.29) is 11.8 Å². The second-order valence-electron chi connectivity index (χ2n) is 7.66. The zero-order valence-corrected chi connectivity index (χ0v) is 18.9. The number of rotatable bonds is 9. The summed E-state index contributed by atoms with van der Waals surface area (Å²) < 4.78 is 1.94. The van der Waals surface area contributed by atoms with Crippen LogP contribution in [0.15, 0.2) is 40.2 Å². The monoisotopic (exact) mass is 396 g/mol. The molecule has 0 bridgehead atoms. The number of hydrogen-bond donors (Lipinski definition) is 0. The van der Waals surface area contributed by atoms with Gasteiger partial charge in [0.05, 0.1) is 12.2 Å². The van der Waals surface area contributed by atoms with Gasteiger partial charge in [-0.05, 0) is 59.5 Å². The van der Waals surface area contributed by atoms with Crippen LogP contribution in [0.1, 0.15) is 77.6 Å². The first-order chi connectivity index (χ1) is 13.9. The minimum absolute atomic E-state index is 0.00239. The molecule has 0 spiro atoms. The van der Waals surface area contributed by atoms with Gasteiger partial charge in [-0.25, -0.2) is 4.68 Å². The molecule has 0 radical (unpaired) electrons. The number of hydrogen-bond acceptors (Lipinski definition) is 4. The van der Waals surface area contributed by atoms with Gasteiger partial charge in [-0.15, -0.1) is 0 Å². The summed E-state index contributed by atoms with van der Waals surface area (Å²) in [7, 11) is 0.